The average Bonchev–Trinajstić information content (AvgIpc) is 3.26. The van der Waals surface area contributed by atoms with Gasteiger partial charge in [-0.3, -0.25) is 4.90 Å². The number of piperazine rings is 1. The van der Waals surface area contributed by atoms with E-state index in [1.54, 1.807) is 0 Å². The van der Waals surface area contributed by atoms with E-state index in [4.69, 9.17) is 10.5 Å². The summed E-state index contributed by atoms with van der Waals surface area (Å²) in [6, 6.07) is 4.74. The number of nitrogens with two attached hydrogens (primary N) is 1. The summed E-state index contributed by atoms with van der Waals surface area (Å²) in [5, 5.41) is 0. The minimum atomic E-state index is 0.560. The molecule has 19 heavy (non-hydrogen) atoms. The number of nitrogen functional groups attached to an aromatic ring is 1. The topological polar surface area (TPSA) is 54.6 Å². The van der Waals surface area contributed by atoms with E-state index in [2.05, 4.69) is 14.8 Å². The number of ether oxygens (including phenoxy) is 1. The van der Waals surface area contributed by atoms with Gasteiger partial charge in [0.2, 0.25) is 5.88 Å². The maximum absolute atomic E-state index is 5.86. The Labute approximate surface area is 114 Å². The molecule has 0 bridgehead atoms. The Morgan fingerprint density at radius 3 is 2.63 bits per heavy atom. The van der Waals surface area contributed by atoms with Crippen LogP contribution in [-0.4, -0.2) is 48.7 Å². The van der Waals surface area contributed by atoms with E-state index in [1.165, 1.54) is 12.8 Å². The highest BCUT2D eigenvalue weighted by Crippen LogP contribution is 2.29. The lowest BCUT2D eigenvalue weighted by molar-refractivity contribution is 0.247. The van der Waals surface area contributed by atoms with Crippen LogP contribution >= 0.6 is 0 Å². The zero-order chi connectivity index (χ0) is 13.2. The Balaban J connectivity index is 1.66. The zero-order valence-corrected chi connectivity index (χ0v) is 11.5. The molecule has 0 radical (unpaired) electrons. The fourth-order valence-corrected chi connectivity index (χ4v) is 2.63. The third-order valence-corrected chi connectivity index (χ3v) is 3.86. The van der Waals surface area contributed by atoms with Gasteiger partial charge in [-0.15, -0.1) is 0 Å². The van der Waals surface area contributed by atoms with Crippen LogP contribution in [-0.2, 0) is 0 Å². The van der Waals surface area contributed by atoms with E-state index in [0.29, 0.717) is 18.2 Å². The van der Waals surface area contributed by atoms with Crippen LogP contribution < -0.4 is 15.4 Å². The van der Waals surface area contributed by atoms with Crippen LogP contribution in [0.2, 0.25) is 0 Å². The molecule has 1 saturated carbocycles. The molecule has 2 N–H and O–H groups in total. The van der Waals surface area contributed by atoms with Gasteiger partial charge < -0.3 is 15.4 Å². The van der Waals surface area contributed by atoms with E-state index in [9.17, 15) is 0 Å². The number of hydrogen-bond donors (Lipinski definition) is 1. The second kappa shape index (κ2) is 5.25. The van der Waals surface area contributed by atoms with Crippen LogP contribution in [0.25, 0.3) is 0 Å². The van der Waals surface area contributed by atoms with Crippen molar-refractivity contribution >= 4 is 11.5 Å². The fourth-order valence-electron chi connectivity index (χ4n) is 2.63. The Hall–Kier alpha value is -1.49. The van der Waals surface area contributed by atoms with Gasteiger partial charge in [0.15, 0.2) is 0 Å². The summed E-state index contributed by atoms with van der Waals surface area (Å²) in [5.41, 5.74) is 6.47. The predicted molar refractivity (Wildman–Crippen MR) is 76.6 cm³/mol. The number of pyridine rings is 1. The molecule has 1 aliphatic heterocycles. The number of nitrogens with zero attached hydrogens (tertiary/aromatic N) is 3. The van der Waals surface area contributed by atoms with Crippen LogP contribution in [0.5, 0.6) is 5.88 Å². The first-order valence-corrected chi connectivity index (χ1v) is 7.16. The molecule has 0 unspecified atom stereocenters. The highest BCUT2D eigenvalue weighted by atomic mass is 16.5. The van der Waals surface area contributed by atoms with Crippen LogP contribution in [0.15, 0.2) is 12.1 Å². The van der Waals surface area contributed by atoms with Crippen molar-refractivity contribution in [3.63, 3.8) is 0 Å². The lowest BCUT2D eigenvalue weighted by Gasteiger charge is -2.35. The molecule has 104 valence electrons. The first kappa shape index (κ1) is 12.5. The number of hydrogen-bond acceptors (Lipinski definition) is 5. The van der Waals surface area contributed by atoms with Crippen LogP contribution in [0, 0.1) is 0 Å². The van der Waals surface area contributed by atoms with Crippen molar-refractivity contribution in [3.05, 3.63) is 12.1 Å². The second-order valence-corrected chi connectivity index (χ2v) is 5.25. The maximum Gasteiger partial charge on any atom is 0.239 e. The van der Waals surface area contributed by atoms with Gasteiger partial charge in [0.05, 0.1) is 12.3 Å². The van der Waals surface area contributed by atoms with Gasteiger partial charge in [-0.1, -0.05) is 0 Å². The van der Waals surface area contributed by atoms with Crippen molar-refractivity contribution < 1.29 is 4.74 Å². The average molecular weight is 262 g/mol. The van der Waals surface area contributed by atoms with Crippen molar-refractivity contribution in [3.8, 4) is 5.88 Å². The standard InChI is InChI=1S/C14H22N4O/c1-2-19-14-12(15)5-6-13(16-14)18-9-7-17(8-10-18)11-3-4-11/h5-6,11H,2-4,7-10,15H2,1H3. The van der Waals surface area contributed by atoms with E-state index < -0.39 is 0 Å². The molecule has 5 nitrogen and oxygen atoms in total. The summed E-state index contributed by atoms with van der Waals surface area (Å²) in [5.74, 6) is 1.54. The summed E-state index contributed by atoms with van der Waals surface area (Å²) in [7, 11) is 0. The second-order valence-electron chi connectivity index (χ2n) is 5.25. The molecule has 3 rings (SSSR count). The van der Waals surface area contributed by atoms with Gasteiger partial charge in [0.25, 0.3) is 0 Å². The molecular weight excluding hydrogens is 240 g/mol. The molecule has 1 saturated heterocycles. The third kappa shape index (κ3) is 2.76. The van der Waals surface area contributed by atoms with Crippen molar-refractivity contribution in [1.82, 2.24) is 9.88 Å². The highest BCUT2D eigenvalue weighted by Gasteiger charge is 2.31. The Bertz CT molecular complexity index is 439. The van der Waals surface area contributed by atoms with E-state index in [-0.39, 0.29) is 0 Å². The summed E-state index contributed by atoms with van der Waals surface area (Å²) in [4.78, 5) is 9.45. The minimum Gasteiger partial charge on any atom is -0.476 e. The maximum atomic E-state index is 5.86. The van der Waals surface area contributed by atoms with Crippen molar-refractivity contribution in [2.24, 2.45) is 0 Å². The molecule has 0 spiro atoms. The molecule has 2 aliphatic rings. The lowest BCUT2D eigenvalue weighted by Crippen LogP contribution is -2.47. The molecule has 2 heterocycles. The van der Waals surface area contributed by atoms with Gasteiger partial charge in [-0.25, -0.2) is 0 Å². The lowest BCUT2D eigenvalue weighted by atomic mass is 10.3. The number of anilines is 2. The Morgan fingerprint density at radius 2 is 2.00 bits per heavy atom. The summed E-state index contributed by atoms with van der Waals surface area (Å²) >= 11 is 0. The molecule has 2 fully saturated rings. The molecule has 1 aromatic rings. The molecule has 0 atom stereocenters. The fraction of sp³-hybridized carbons (Fsp3) is 0.643. The summed E-state index contributed by atoms with van der Waals surface area (Å²) < 4.78 is 5.46. The number of aromatic nitrogens is 1. The van der Waals surface area contributed by atoms with Crippen molar-refractivity contribution in [2.45, 2.75) is 25.8 Å². The van der Waals surface area contributed by atoms with Gasteiger partial charge in [-0.2, -0.15) is 4.98 Å². The zero-order valence-electron chi connectivity index (χ0n) is 11.5. The highest BCUT2D eigenvalue weighted by molar-refractivity contribution is 5.54. The first-order valence-electron chi connectivity index (χ1n) is 7.16. The molecular formula is C14H22N4O. The molecule has 0 amide bonds. The quantitative estimate of drug-likeness (QED) is 0.887. The molecule has 1 aromatic heterocycles. The molecule has 1 aliphatic carbocycles. The van der Waals surface area contributed by atoms with Gasteiger partial charge in [-0.05, 0) is 31.9 Å². The predicted octanol–water partition coefficient (Wildman–Crippen LogP) is 1.35. The Morgan fingerprint density at radius 1 is 1.26 bits per heavy atom. The largest absolute Gasteiger partial charge is 0.476 e. The number of rotatable bonds is 4. The monoisotopic (exact) mass is 262 g/mol. The molecule has 0 aromatic carbocycles. The van der Waals surface area contributed by atoms with E-state index in [0.717, 1.165) is 38.0 Å². The van der Waals surface area contributed by atoms with Gasteiger partial charge in [0, 0.05) is 32.2 Å². The summed E-state index contributed by atoms with van der Waals surface area (Å²) in [6.07, 6.45) is 2.77. The minimum absolute atomic E-state index is 0.560. The van der Waals surface area contributed by atoms with Crippen LogP contribution in [0.4, 0.5) is 11.5 Å². The third-order valence-electron chi connectivity index (χ3n) is 3.86. The van der Waals surface area contributed by atoms with Gasteiger partial charge in [0.1, 0.15) is 5.82 Å². The Kier molecular flexibility index (Phi) is 3.46. The van der Waals surface area contributed by atoms with Crippen molar-refractivity contribution in [1.29, 1.82) is 0 Å². The SMILES string of the molecule is CCOc1nc(N2CCN(C3CC3)CC2)ccc1N. The first-order chi connectivity index (χ1) is 9.28. The van der Waals surface area contributed by atoms with Crippen LogP contribution in [0.1, 0.15) is 19.8 Å². The van der Waals surface area contributed by atoms with E-state index in [1.807, 2.05) is 19.1 Å². The normalized spacial score (nSPS) is 20.6. The van der Waals surface area contributed by atoms with Crippen LogP contribution in [0.3, 0.4) is 0 Å². The summed E-state index contributed by atoms with van der Waals surface area (Å²) in [6.45, 7) is 6.90. The van der Waals surface area contributed by atoms with Crippen molar-refractivity contribution in [2.75, 3.05) is 43.4 Å². The smallest absolute Gasteiger partial charge is 0.239 e. The van der Waals surface area contributed by atoms with E-state index >= 15 is 0 Å². The molecule has 5 heteroatoms. The van der Waals surface area contributed by atoms with Gasteiger partial charge >= 0.3 is 0 Å².